The van der Waals surface area contributed by atoms with Crippen LogP contribution in [0, 0.1) is 6.92 Å². The van der Waals surface area contributed by atoms with Gasteiger partial charge in [-0.15, -0.1) is 11.6 Å². The zero-order chi connectivity index (χ0) is 13.1. The lowest BCUT2D eigenvalue weighted by molar-refractivity contribution is 0.919. The van der Waals surface area contributed by atoms with Crippen LogP contribution in [-0.4, -0.2) is 0 Å². The van der Waals surface area contributed by atoms with Gasteiger partial charge < -0.3 is 0 Å². The second-order valence-corrected chi connectivity index (χ2v) is 5.76. The van der Waals surface area contributed by atoms with Gasteiger partial charge in [-0.2, -0.15) is 0 Å². The van der Waals surface area contributed by atoms with Gasteiger partial charge in [0.15, 0.2) is 0 Å². The molecule has 0 aliphatic heterocycles. The van der Waals surface area contributed by atoms with Gasteiger partial charge >= 0.3 is 0 Å². The highest BCUT2D eigenvalue weighted by atomic mass is 35.5. The molecule has 2 rings (SSSR count). The maximum atomic E-state index is 6.41. The van der Waals surface area contributed by atoms with Gasteiger partial charge in [0, 0.05) is 10.0 Å². The van der Waals surface area contributed by atoms with Crippen molar-refractivity contribution in [3.8, 4) is 0 Å². The molecule has 0 amide bonds. The van der Waals surface area contributed by atoms with Crippen LogP contribution in [0.3, 0.4) is 0 Å². The van der Waals surface area contributed by atoms with E-state index in [4.69, 9.17) is 34.8 Å². The summed E-state index contributed by atoms with van der Waals surface area (Å²) >= 11 is 18.4. The fourth-order valence-corrected chi connectivity index (χ4v) is 2.65. The number of aryl methyl sites for hydroxylation is 1. The van der Waals surface area contributed by atoms with Crippen LogP contribution < -0.4 is 0 Å². The molecule has 94 valence electrons. The van der Waals surface area contributed by atoms with E-state index in [1.165, 1.54) is 11.1 Å². The van der Waals surface area contributed by atoms with Crippen LogP contribution in [0.2, 0.25) is 10.0 Å². The third kappa shape index (κ3) is 3.65. The zero-order valence-corrected chi connectivity index (χ0v) is 12.2. The lowest BCUT2D eigenvalue weighted by Gasteiger charge is -2.11. The van der Waals surface area contributed by atoms with Crippen LogP contribution in [0.15, 0.2) is 42.5 Å². The van der Waals surface area contributed by atoms with E-state index in [0.717, 1.165) is 12.0 Å². The van der Waals surface area contributed by atoms with E-state index in [1.807, 2.05) is 12.1 Å². The zero-order valence-electron chi connectivity index (χ0n) is 9.96. The lowest BCUT2D eigenvalue weighted by Crippen LogP contribution is -1.96. The largest absolute Gasteiger partial charge is 0.117 e. The lowest BCUT2D eigenvalue weighted by atomic mass is 10.0. The molecular weight excluding hydrogens is 287 g/mol. The van der Waals surface area contributed by atoms with E-state index in [2.05, 4.69) is 31.2 Å². The molecule has 0 radical (unpaired) electrons. The Hall–Kier alpha value is -0.690. The molecule has 1 unspecified atom stereocenters. The number of alkyl halides is 1. The Morgan fingerprint density at radius 3 is 2.06 bits per heavy atom. The van der Waals surface area contributed by atoms with E-state index >= 15 is 0 Å². The van der Waals surface area contributed by atoms with Crippen LogP contribution in [0.25, 0.3) is 0 Å². The summed E-state index contributed by atoms with van der Waals surface area (Å²) in [6, 6.07) is 13.8. The van der Waals surface area contributed by atoms with Crippen LogP contribution >= 0.6 is 34.8 Å². The van der Waals surface area contributed by atoms with Crippen molar-refractivity contribution in [1.29, 1.82) is 0 Å². The number of hydrogen-bond acceptors (Lipinski definition) is 0. The fraction of sp³-hybridized carbons (Fsp3) is 0.200. The Bertz CT molecular complexity index is 512. The number of halogens is 3. The maximum Gasteiger partial charge on any atom is 0.0626 e. The standard InChI is InChI=1S/C15H13Cl3/c1-10-2-4-11(5-3-10)6-15(18)12-7-13(16)9-14(17)8-12/h2-5,7-9,15H,6H2,1H3. The SMILES string of the molecule is Cc1ccc(CC(Cl)c2cc(Cl)cc(Cl)c2)cc1. The Balaban J connectivity index is 2.16. The molecule has 2 aromatic rings. The third-order valence-corrected chi connectivity index (χ3v) is 3.62. The molecule has 0 N–H and O–H groups in total. The third-order valence-electron chi connectivity index (χ3n) is 2.78. The Labute approximate surface area is 122 Å². The van der Waals surface area contributed by atoms with Crippen molar-refractivity contribution < 1.29 is 0 Å². The summed E-state index contributed by atoms with van der Waals surface area (Å²) < 4.78 is 0. The van der Waals surface area contributed by atoms with E-state index in [9.17, 15) is 0 Å². The molecule has 1 atom stereocenters. The van der Waals surface area contributed by atoms with Crippen LogP contribution in [0.1, 0.15) is 22.1 Å². The number of benzene rings is 2. The molecule has 0 aromatic heterocycles. The summed E-state index contributed by atoms with van der Waals surface area (Å²) in [7, 11) is 0. The predicted octanol–water partition coefficient (Wildman–Crippen LogP) is 5.82. The topological polar surface area (TPSA) is 0 Å². The van der Waals surface area contributed by atoms with Crippen molar-refractivity contribution in [3.05, 3.63) is 69.2 Å². The van der Waals surface area contributed by atoms with Gasteiger partial charge in [0.2, 0.25) is 0 Å². The average molecular weight is 300 g/mol. The molecule has 0 aliphatic rings. The highest BCUT2D eigenvalue weighted by molar-refractivity contribution is 6.35. The summed E-state index contributed by atoms with van der Waals surface area (Å²) in [6.45, 7) is 2.07. The highest BCUT2D eigenvalue weighted by Crippen LogP contribution is 2.29. The van der Waals surface area contributed by atoms with Crippen molar-refractivity contribution in [2.75, 3.05) is 0 Å². The smallest absolute Gasteiger partial charge is 0.0626 e. The summed E-state index contributed by atoms with van der Waals surface area (Å²) in [5.74, 6) is 0. The molecule has 0 saturated heterocycles. The fourth-order valence-electron chi connectivity index (χ4n) is 1.80. The first kappa shape index (κ1) is 13.7. The molecule has 0 saturated carbocycles. The van der Waals surface area contributed by atoms with Crippen molar-refractivity contribution in [2.45, 2.75) is 18.7 Å². The Morgan fingerprint density at radius 2 is 1.50 bits per heavy atom. The van der Waals surface area contributed by atoms with Crippen molar-refractivity contribution in [3.63, 3.8) is 0 Å². The number of rotatable bonds is 3. The molecule has 0 nitrogen and oxygen atoms in total. The van der Waals surface area contributed by atoms with Gasteiger partial charge in [-0.3, -0.25) is 0 Å². The Morgan fingerprint density at radius 1 is 0.944 bits per heavy atom. The normalized spacial score (nSPS) is 12.4. The predicted molar refractivity (Wildman–Crippen MR) is 79.9 cm³/mol. The highest BCUT2D eigenvalue weighted by Gasteiger charge is 2.10. The van der Waals surface area contributed by atoms with E-state index in [-0.39, 0.29) is 5.38 Å². The summed E-state index contributed by atoms with van der Waals surface area (Å²) in [5.41, 5.74) is 3.40. The minimum Gasteiger partial charge on any atom is -0.117 e. The molecule has 18 heavy (non-hydrogen) atoms. The summed E-state index contributed by atoms with van der Waals surface area (Å²) in [5, 5.41) is 1.11. The molecule has 0 aliphatic carbocycles. The van der Waals surface area contributed by atoms with Crippen LogP contribution in [0.4, 0.5) is 0 Å². The van der Waals surface area contributed by atoms with Crippen molar-refractivity contribution in [2.24, 2.45) is 0 Å². The van der Waals surface area contributed by atoms with Gasteiger partial charge in [0.05, 0.1) is 5.38 Å². The molecule has 0 spiro atoms. The number of hydrogen-bond donors (Lipinski definition) is 0. The monoisotopic (exact) mass is 298 g/mol. The quantitative estimate of drug-likeness (QED) is 0.626. The van der Waals surface area contributed by atoms with Crippen molar-refractivity contribution >= 4 is 34.8 Å². The second kappa shape index (κ2) is 5.97. The van der Waals surface area contributed by atoms with E-state index in [0.29, 0.717) is 10.0 Å². The van der Waals surface area contributed by atoms with E-state index < -0.39 is 0 Å². The minimum absolute atomic E-state index is 0.121. The molecule has 3 heteroatoms. The molecule has 0 bridgehead atoms. The van der Waals surface area contributed by atoms with Gasteiger partial charge in [-0.1, -0.05) is 53.0 Å². The minimum atomic E-state index is -0.121. The average Bonchev–Trinajstić information content (AvgIpc) is 2.31. The molecule has 0 fully saturated rings. The second-order valence-electron chi connectivity index (χ2n) is 4.36. The Kier molecular flexibility index (Phi) is 4.55. The first-order valence-corrected chi connectivity index (χ1v) is 6.89. The maximum absolute atomic E-state index is 6.41. The van der Waals surface area contributed by atoms with Gasteiger partial charge in [0.25, 0.3) is 0 Å². The van der Waals surface area contributed by atoms with Gasteiger partial charge in [0.1, 0.15) is 0 Å². The molecule has 0 heterocycles. The van der Waals surface area contributed by atoms with Crippen molar-refractivity contribution in [1.82, 2.24) is 0 Å². The summed E-state index contributed by atoms with van der Waals surface area (Å²) in [6.07, 6.45) is 0.762. The van der Waals surface area contributed by atoms with Gasteiger partial charge in [-0.25, -0.2) is 0 Å². The van der Waals surface area contributed by atoms with E-state index in [1.54, 1.807) is 6.07 Å². The molecular formula is C15H13Cl3. The van der Waals surface area contributed by atoms with Crippen LogP contribution in [0.5, 0.6) is 0 Å². The molecule has 2 aromatic carbocycles. The van der Waals surface area contributed by atoms with Gasteiger partial charge in [-0.05, 0) is 42.7 Å². The van der Waals surface area contributed by atoms with Crippen LogP contribution in [-0.2, 0) is 6.42 Å². The first-order valence-electron chi connectivity index (χ1n) is 5.70. The first-order chi connectivity index (χ1) is 8.54. The summed E-state index contributed by atoms with van der Waals surface area (Å²) in [4.78, 5) is 0.